The number of H-pyrrole nitrogens is 1. The number of carbonyl (C=O) groups excluding carboxylic acids is 10. The van der Waals surface area contributed by atoms with Crippen molar-refractivity contribution in [2.24, 2.45) is 27.6 Å². The molecule has 100 heavy (non-hydrogen) atoms. The lowest BCUT2D eigenvalue weighted by Crippen LogP contribution is -2.55. The van der Waals surface area contributed by atoms with Crippen molar-refractivity contribution in [2.45, 2.75) is 248 Å². The Labute approximate surface area is 595 Å². The highest BCUT2D eigenvalue weighted by atomic mass is 32.2. The second-order valence-electron chi connectivity index (χ2n) is 29.7. The van der Waals surface area contributed by atoms with Crippen molar-refractivity contribution in [3.8, 4) is 0 Å². The molecule has 1 saturated carbocycles. The number of carbonyl (C=O) groups is 11. The standard InChI is InChI=1S/C28H35NO3S.C22H33N3O3.C14H21NO4.C13H21N5O2/c1-4-28(2,3)25(30)26(31)29-19-12-11-17-24(29)27(32)33-20-18-23(21-13-7-5-8-14-21)22-15-9-6-10-16-22;1-4-22(2,3)19(26)21(28)25-15-8-6-12-18(25)20(27)24-14-7-5-10-17-11-9-13-23-16-17;1-4-14(2,3)11(16)12(17)15-9-6-5-8(7-9)10(15)13(18)19;1-4-13(2,3)10(19)12(20)18-8-6-5-7-9(18)11-14-16-17-15-11/h5-10,13-16,23-24H,4,11-12,17-20H2,1-3H3;9,11,13,16,18H,4-8,10,12,14-15H2,1-3H3,(H,24,27);8-10H,4-7H2,1-3H3,(H,18,19);9H,4-8H2,1-3H3,(H,14,15,16,17)/t;;8?,9?,10-;/m..0./s1. The minimum atomic E-state index is -0.984. The number of nitrogens with one attached hydrogen (secondary N) is 2. The number of ketones is 4. The highest BCUT2D eigenvalue weighted by Gasteiger charge is 2.54. The van der Waals surface area contributed by atoms with Gasteiger partial charge in [0.05, 0.1) is 6.04 Å². The second-order valence-corrected chi connectivity index (χ2v) is 30.8. The predicted octanol–water partition coefficient (Wildman–Crippen LogP) is 11.5. The minimum Gasteiger partial charge on any atom is -0.480 e. The fraction of sp³-hybridized carbons (Fsp3) is 0.623. The van der Waals surface area contributed by atoms with Crippen LogP contribution in [0.4, 0.5) is 0 Å². The Balaban J connectivity index is 0.000000215. The number of nitrogens with zero attached hydrogens (tertiary/aromatic N) is 8. The van der Waals surface area contributed by atoms with Gasteiger partial charge in [-0.25, -0.2) is 4.79 Å². The zero-order valence-electron chi connectivity index (χ0n) is 61.2. The van der Waals surface area contributed by atoms with Crippen molar-refractivity contribution in [1.29, 1.82) is 0 Å². The monoisotopic (exact) mass is 1400 g/mol. The lowest BCUT2D eigenvalue weighted by Gasteiger charge is -2.36. The van der Waals surface area contributed by atoms with Gasteiger partial charge in [0.25, 0.3) is 23.6 Å². The average Bonchev–Trinajstić information content (AvgIpc) is 1.60. The molecular weight excluding hydrogens is 1290 g/mol. The number of rotatable bonds is 26. The maximum Gasteiger partial charge on any atom is 0.326 e. The highest BCUT2D eigenvalue weighted by molar-refractivity contribution is 8.13. The molecule has 2 aromatic heterocycles. The molecule has 1 aliphatic carbocycles. The van der Waals surface area contributed by atoms with Crippen LogP contribution in [0.3, 0.4) is 0 Å². The molecule has 6 atom stereocenters. The summed E-state index contributed by atoms with van der Waals surface area (Å²) in [6.07, 6.45) is 19.4. The molecule has 5 aliphatic rings. The van der Waals surface area contributed by atoms with E-state index in [4.69, 9.17) is 0 Å². The lowest BCUT2D eigenvalue weighted by atomic mass is 9.84. The van der Waals surface area contributed by atoms with E-state index >= 15 is 0 Å². The number of hydrogen-bond donors (Lipinski definition) is 3. The molecule has 5 fully saturated rings. The van der Waals surface area contributed by atoms with Crippen LogP contribution in [0.25, 0.3) is 0 Å². The van der Waals surface area contributed by atoms with Crippen LogP contribution in [0.5, 0.6) is 0 Å². The number of carboxylic acid groups (broad SMARTS) is 1. The van der Waals surface area contributed by atoms with Crippen LogP contribution in [0.2, 0.25) is 0 Å². The molecule has 9 rings (SSSR count). The number of piperidine rings is 4. The Hall–Kier alpha value is -7.82. The van der Waals surface area contributed by atoms with Crippen molar-refractivity contribution in [2.75, 3.05) is 31.9 Å². The Morgan fingerprint density at radius 2 is 1.07 bits per heavy atom. The van der Waals surface area contributed by atoms with E-state index < -0.39 is 80.9 Å². The van der Waals surface area contributed by atoms with Crippen molar-refractivity contribution in [1.82, 2.24) is 50.5 Å². The number of Topliss-reactive ketones (excluding diaryl/α,β-unsaturated/α-hetero) is 4. The molecule has 546 valence electrons. The molecule has 5 amide bonds. The van der Waals surface area contributed by atoms with E-state index in [1.54, 1.807) is 71.4 Å². The smallest absolute Gasteiger partial charge is 0.326 e. The number of thioether (sulfide) groups is 1. The van der Waals surface area contributed by atoms with Gasteiger partial charge in [-0.05, 0) is 157 Å². The van der Waals surface area contributed by atoms with Crippen molar-refractivity contribution in [3.63, 3.8) is 0 Å². The van der Waals surface area contributed by atoms with E-state index in [9.17, 15) is 57.8 Å². The maximum absolute atomic E-state index is 13.2. The summed E-state index contributed by atoms with van der Waals surface area (Å²) in [6, 6.07) is 22.6. The molecule has 4 aliphatic heterocycles. The van der Waals surface area contributed by atoms with Crippen LogP contribution < -0.4 is 5.32 Å². The van der Waals surface area contributed by atoms with Crippen LogP contribution >= 0.6 is 11.8 Å². The summed E-state index contributed by atoms with van der Waals surface area (Å²) in [6.45, 7) is 23.9. The van der Waals surface area contributed by atoms with Crippen LogP contribution in [-0.4, -0.2) is 170 Å². The molecule has 4 saturated heterocycles. The van der Waals surface area contributed by atoms with Gasteiger partial charge in [-0.1, -0.05) is 167 Å². The molecule has 5 unspecified atom stereocenters. The van der Waals surface area contributed by atoms with E-state index in [1.165, 1.54) is 38.3 Å². The van der Waals surface area contributed by atoms with Gasteiger partial charge in [-0.2, -0.15) is 5.21 Å². The molecule has 2 bridgehead atoms. The Kier molecular flexibility index (Phi) is 30.6. The van der Waals surface area contributed by atoms with E-state index in [0.29, 0.717) is 76.3 Å². The molecule has 22 nitrogen and oxygen atoms in total. The van der Waals surface area contributed by atoms with Crippen molar-refractivity contribution < 1.29 is 57.8 Å². The first-order valence-corrected chi connectivity index (χ1v) is 37.3. The number of fused-ring (bicyclic) bond motifs is 2. The van der Waals surface area contributed by atoms with Gasteiger partial charge in [-0.3, -0.25) is 52.9 Å². The zero-order chi connectivity index (χ0) is 73.5. The van der Waals surface area contributed by atoms with Crippen LogP contribution in [0.1, 0.15) is 240 Å². The first-order valence-electron chi connectivity index (χ1n) is 36.3. The third-order valence-corrected chi connectivity index (χ3v) is 22.3. The number of aromatic nitrogens is 5. The summed E-state index contributed by atoms with van der Waals surface area (Å²) in [5, 5.41) is 26.1. The molecule has 6 heterocycles. The van der Waals surface area contributed by atoms with Gasteiger partial charge < -0.3 is 30.0 Å². The Morgan fingerprint density at radius 1 is 0.580 bits per heavy atom. The SMILES string of the molecule is CCC(C)(C)C(=O)C(=O)N1C2CCC(C2)[C@H]1C(=O)O.CCC(C)(C)C(=O)C(=O)N1CCCCC1C(=O)NCCCCc1cccnc1.CCC(C)(C)C(=O)C(=O)N1CCCCC1C(=O)SCCC(c1ccccc1)c1ccccc1.CCC(C)(C)C(=O)C(=O)N1CCCCC1c1nn[nH]n1. The Bertz CT molecular complexity index is 3360. The number of aryl methyl sites for hydroxylation is 1. The summed E-state index contributed by atoms with van der Waals surface area (Å²) in [5.74, 6) is -3.36. The summed E-state index contributed by atoms with van der Waals surface area (Å²) in [5.41, 5.74) is 0.917. The zero-order valence-corrected chi connectivity index (χ0v) is 62.0. The molecule has 23 heteroatoms. The normalized spacial score (nSPS) is 19.9. The summed E-state index contributed by atoms with van der Waals surface area (Å²) in [7, 11) is 0. The number of benzene rings is 2. The number of carboxylic acids is 1. The fourth-order valence-electron chi connectivity index (χ4n) is 13.1. The molecule has 4 aromatic rings. The van der Waals surface area contributed by atoms with Gasteiger partial charge in [0, 0.05) is 77.9 Å². The Morgan fingerprint density at radius 3 is 1.56 bits per heavy atom. The van der Waals surface area contributed by atoms with E-state index in [-0.39, 0.29) is 46.5 Å². The van der Waals surface area contributed by atoms with E-state index in [0.717, 1.165) is 89.9 Å². The number of pyridine rings is 1. The van der Waals surface area contributed by atoms with Gasteiger partial charge >= 0.3 is 5.97 Å². The quantitative estimate of drug-likeness (QED) is 0.0389. The van der Waals surface area contributed by atoms with Crippen LogP contribution in [-0.2, 0) is 59.2 Å². The van der Waals surface area contributed by atoms with Crippen molar-refractivity contribution in [3.05, 3.63) is 108 Å². The third-order valence-electron chi connectivity index (χ3n) is 21.3. The number of tetrazole rings is 1. The van der Waals surface area contributed by atoms with Gasteiger partial charge in [0.15, 0.2) is 5.82 Å². The predicted molar refractivity (Wildman–Crippen MR) is 384 cm³/mol. The van der Waals surface area contributed by atoms with Crippen molar-refractivity contribution >= 4 is 75.5 Å². The molecule has 2 aromatic carbocycles. The fourth-order valence-corrected chi connectivity index (χ4v) is 14.1. The molecule has 0 radical (unpaired) electrons. The number of likely N-dealkylation sites (tertiary alicyclic amines) is 4. The minimum absolute atomic E-state index is 0.00466. The molecular formula is C77H110N10O12S. The van der Waals surface area contributed by atoms with E-state index in [2.05, 4.69) is 55.2 Å². The number of amides is 5. The largest absolute Gasteiger partial charge is 0.480 e. The maximum atomic E-state index is 13.2. The lowest BCUT2D eigenvalue weighted by molar-refractivity contribution is -0.158. The third kappa shape index (κ3) is 21.4. The molecule has 3 N–H and O–H groups in total. The first-order chi connectivity index (χ1) is 47.5. The van der Waals surface area contributed by atoms with Gasteiger partial charge in [0.2, 0.25) is 34.2 Å². The first kappa shape index (κ1) is 81.1. The number of aromatic amines is 1. The summed E-state index contributed by atoms with van der Waals surface area (Å²) in [4.78, 5) is 148. The number of unbranched alkanes of at least 4 members (excludes halogenated alkanes) is 1. The number of aliphatic carboxylic acids is 1. The highest BCUT2D eigenvalue weighted by Crippen LogP contribution is 2.44. The number of hydrogen-bond acceptors (Lipinski definition) is 16. The van der Waals surface area contributed by atoms with Gasteiger partial charge in [0.1, 0.15) is 18.1 Å². The van der Waals surface area contributed by atoms with Crippen LogP contribution in [0.15, 0.2) is 85.2 Å². The molecule has 0 spiro atoms. The average molecular weight is 1400 g/mol. The topological polar surface area (TPSA) is 300 Å². The van der Waals surface area contributed by atoms with E-state index in [1.807, 2.05) is 82.4 Å². The van der Waals surface area contributed by atoms with Crippen LogP contribution in [0, 0.1) is 27.6 Å². The second kappa shape index (κ2) is 37.7. The summed E-state index contributed by atoms with van der Waals surface area (Å²) < 4.78 is 0. The summed E-state index contributed by atoms with van der Waals surface area (Å²) >= 11 is 1.30. The van der Waals surface area contributed by atoms with Gasteiger partial charge in [-0.15, -0.1) is 10.2 Å².